The first kappa shape index (κ1) is 15.1. The van der Waals surface area contributed by atoms with Crippen LogP contribution in [0.4, 0.5) is 10.5 Å². The summed E-state index contributed by atoms with van der Waals surface area (Å²) in [5.74, 6) is 0. The molecule has 1 fully saturated rings. The van der Waals surface area contributed by atoms with Crippen molar-refractivity contribution in [3.8, 4) is 6.07 Å². The second-order valence-corrected chi connectivity index (χ2v) is 6.06. The van der Waals surface area contributed by atoms with E-state index < -0.39 is 11.7 Å². The molecule has 1 saturated heterocycles. The van der Waals surface area contributed by atoms with Crippen molar-refractivity contribution in [1.29, 1.82) is 5.26 Å². The van der Waals surface area contributed by atoms with Gasteiger partial charge in [-0.25, -0.2) is 9.78 Å². The molecule has 1 atom stereocenters. The Balaban J connectivity index is 1.95. The highest BCUT2D eigenvalue weighted by Crippen LogP contribution is 2.22. The maximum Gasteiger partial charge on any atom is 0.407 e. The third-order valence-electron chi connectivity index (χ3n) is 3.14. The lowest BCUT2D eigenvalue weighted by molar-refractivity contribution is 0.0509. The Labute approximate surface area is 124 Å². The monoisotopic (exact) mass is 288 g/mol. The fourth-order valence-corrected chi connectivity index (χ4v) is 2.31. The molecule has 1 unspecified atom stereocenters. The lowest BCUT2D eigenvalue weighted by Crippen LogP contribution is -2.40. The number of pyridine rings is 1. The van der Waals surface area contributed by atoms with Gasteiger partial charge in [0, 0.05) is 19.3 Å². The van der Waals surface area contributed by atoms with Gasteiger partial charge in [0.2, 0.25) is 0 Å². The first-order valence-electron chi connectivity index (χ1n) is 6.98. The van der Waals surface area contributed by atoms with Gasteiger partial charge in [0.05, 0.1) is 11.7 Å². The van der Waals surface area contributed by atoms with Gasteiger partial charge in [-0.15, -0.1) is 0 Å². The Bertz CT molecular complexity index is 560. The molecule has 0 aliphatic carbocycles. The summed E-state index contributed by atoms with van der Waals surface area (Å²) < 4.78 is 5.25. The van der Waals surface area contributed by atoms with Crippen LogP contribution in [-0.4, -0.2) is 35.8 Å². The highest BCUT2D eigenvalue weighted by atomic mass is 16.6. The van der Waals surface area contributed by atoms with Crippen LogP contribution in [-0.2, 0) is 4.74 Å². The van der Waals surface area contributed by atoms with E-state index >= 15 is 0 Å². The van der Waals surface area contributed by atoms with Crippen molar-refractivity contribution in [3.63, 3.8) is 0 Å². The number of hydrogen-bond acceptors (Lipinski definition) is 5. The van der Waals surface area contributed by atoms with Crippen LogP contribution in [0.5, 0.6) is 0 Å². The maximum atomic E-state index is 11.8. The van der Waals surface area contributed by atoms with Crippen LogP contribution in [0, 0.1) is 11.3 Å². The van der Waals surface area contributed by atoms with Crippen molar-refractivity contribution < 1.29 is 9.53 Å². The normalized spacial score (nSPS) is 18.2. The number of carbonyl (C=O) groups excluding carboxylic acids is 1. The van der Waals surface area contributed by atoms with Gasteiger partial charge in [0.15, 0.2) is 5.69 Å². The van der Waals surface area contributed by atoms with Gasteiger partial charge in [-0.2, -0.15) is 5.26 Å². The van der Waals surface area contributed by atoms with E-state index in [0.717, 1.165) is 18.7 Å². The fraction of sp³-hybridized carbons (Fsp3) is 0.533. The van der Waals surface area contributed by atoms with Gasteiger partial charge in [0.1, 0.15) is 11.7 Å². The fourth-order valence-electron chi connectivity index (χ4n) is 2.31. The molecular formula is C15H20N4O2. The number of nitrogens with zero attached hydrogens (tertiary/aromatic N) is 3. The molecule has 6 heteroatoms. The van der Waals surface area contributed by atoms with Crippen molar-refractivity contribution in [2.45, 2.75) is 38.8 Å². The highest BCUT2D eigenvalue weighted by Gasteiger charge is 2.27. The van der Waals surface area contributed by atoms with E-state index in [-0.39, 0.29) is 6.04 Å². The average molecular weight is 288 g/mol. The maximum absolute atomic E-state index is 11.8. The van der Waals surface area contributed by atoms with Gasteiger partial charge in [0.25, 0.3) is 0 Å². The molecule has 1 N–H and O–H groups in total. The van der Waals surface area contributed by atoms with Gasteiger partial charge < -0.3 is 15.0 Å². The zero-order valence-corrected chi connectivity index (χ0v) is 12.6. The van der Waals surface area contributed by atoms with Gasteiger partial charge >= 0.3 is 6.09 Å². The topological polar surface area (TPSA) is 78.2 Å². The number of amides is 1. The molecule has 21 heavy (non-hydrogen) atoms. The molecular weight excluding hydrogens is 268 g/mol. The number of anilines is 1. The SMILES string of the molecule is CC(C)(C)OC(=O)NC1CCN(c2cccnc2C#N)C1. The minimum absolute atomic E-state index is 0.0200. The van der Waals surface area contributed by atoms with Crippen molar-refractivity contribution in [2.24, 2.45) is 0 Å². The smallest absolute Gasteiger partial charge is 0.407 e. The quantitative estimate of drug-likeness (QED) is 0.901. The van der Waals surface area contributed by atoms with Crippen LogP contribution in [0.15, 0.2) is 18.3 Å². The molecule has 0 spiro atoms. The lowest BCUT2D eigenvalue weighted by atomic mass is 10.2. The molecule has 0 saturated carbocycles. The Morgan fingerprint density at radius 3 is 3.00 bits per heavy atom. The number of alkyl carbamates (subject to hydrolysis) is 1. The number of carbonyl (C=O) groups is 1. The summed E-state index contributed by atoms with van der Waals surface area (Å²) in [6.07, 6.45) is 2.02. The number of ether oxygens (including phenoxy) is 1. The van der Waals surface area contributed by atoms with Crippen LogP contribution in [0.1, 0.15) is 32.9 Å². The van der Waals surface area contributed by atoms with Gasteiger partial charge in [-0.1, -0.05) is 0 Å². The second-order valence-electron chi connectivity index (χ2n) is 6.06. The molecule has 1 amide bonds. The number of rotatable bonds is 2. The van der Waals surface area contributed by atoms with Gasteiger partial charge in [-0.3, -0.25) is 0 Å². The van der Waals surface area contributed by atoms with E-state index in [0.29, 0.717) is 12.2 Å². The van der Waals surface area contributed by atoms with Gasteiger partial charge in [-0.05, 0) is 39.3 Å². The zero-order chi connectivity index (χ0) is 15.5. The summed E-state index contributed by atoms with van der Waals surface area (Å²) in [5.41, 5.74) is 0.726. The lowest BCUT2D eigenvalue weighted by Gasteiger charge is -2.22. The van der Waals surface area contributed by atoms with Crippen LogP contribution in [0.25, 0.3) is 0 Å². The van der Waals surface area contributed by atoms with Crippen LogP contribution in [0.2, 0.25) is 0 Å². The summed E-state index contributed by atoms with van der Waals surface area (Å²) in [5, 5.41) is 12.0. The van der Waals surface area contributed by atoms with E-state index in [1.165, 1.54) is 0 Å². The van der Waals surface area contributed by atoms with E-state index in [1.807, 2.05) is 32.9 Å². The minimum Gasteiger partial charge on any atom is -0.444 e. The standard InChI is InChI=1S/C15H20N4O2/c1-15(2,3)21-14(20)18-11-6-8-19(10-11)13-5-4-7-17-12(13)9-16/h4-5,7,11H,6,8,10H2,1-3H3,(H,18,20). The Kier molecular flexibility index (Phi) is 4.32. The number of nitriles is 1. The largest absolute Gasteiger partial charge is 0.444 e. The summed E-state index contributed by atoms with van der Waals surface area (Å²) in [7, 11) is 0. The molecule has 112 valence electrons. The predicted octanol–water partition coefficient (Wildman–Crippen LogP) is 2.06. The average Bonchev–Trinajstić information content (AvgIpc) is 2.84. The first-order valence-corrected chi connectivity index (χ1v) is 6.98. The minimum atomic E-state index is -0.500. The number of nitrogens with one attached hydrogen (secondary N) is 1. The second kappa shape index (κ2) is 6.00. The molecule has 6 nitrogen and oxygen atoms in total. The molecule has 0 bridgehead atoms. The first-order chi connectivity index (χ1) is 9.89. The van der Waals surface area contributed by atoms with E-state index in [9.17, 15) is 4.79 Å². The molecule has 1 aliphatic rings. The van der Waals surface area contributed by atoms with Crippen molar-refractivity contribution >= 4 is 11.8 Å². The van der Waals surface area contributed by atoms with Crippen molar-refractivity contribution in [2.75, 3.05) is 18.0 Å². The molecule has 2 heterocycles. The molecule has 2 rings (SSSR count). The Hall–Kier alpha value is -2.29. The molecule has 1 aromatic heterocycles. The third-order valence-corrected chi connectivity index (χ3v) is 3.14. The number of hydrogen-bond donors (Lipinski definition) is 1. The summed E-state index contributed by atoms with van der Waals surface area (Å²) in [4.78, 5) is 17.9. The summed E-state index contributed by atoms with van der Waals surface area (Å²) in [6.45, 7) is 6.94. The Morgan fingerprint density at radius 1 is 1.57 bits per heavy atom. The summed E-state index contributed by atoms with van der Waals surface area (Å²) in [6, 6.07) is 5.80. The molecule has 1 aromatic rings. The van der Waals surface area contributed by atoms with Crippen LogP contribution >= 0.6 is 0 Å². The molecule has 0 aromatic carbocycles. The molecule has 1 aliphatic heterocycles. The Morgan fingerprint density at radius 2 is 2.33 bits per heavy atom. The number of aromatic nitrogens is 1. The zero-order valence-electron chi connectivity index (χ0n) is 12.6. The molecule has 0 radical (unpaired) electrons. The summed E-state index contributed by atoms with van der Waals surface area (Å²) >= 11 is 0. The van der Waals surface area contributed by atoms with Crippen molar-refractivity contribution in [3.05, 3.63) is 24.0 Å². The van der Waals surface area contributed by atoms with E-state index in [2.05, 4.69) is 21.3 Å². The van der Waals surface area contributed by atoms with Crippen LogP contribution in [0.3, 0.4) is 0 Å². The van der Waals surface area contributed by atoms with Crippen LogP contribution < -0.4 is 10.2 Å². The highest BCUT2D eigenvalue weighted by molar-refractivity contribution is 5.68. The van der Waals surface area contributed by atoms with E-state index in [4.69, 9.17) is 10.00 Å². The van der Waals surface area contributed by atoms with E-state index in [1.54, 1.807) is 6.20 Å². The third kappa shape index (κ3) is 4.09. The predicted molar refractivity (Wildman–Crippen MR) is 78.9 cm³/mol. The van der Waals surface area contributed by atoms with Crippen molar-refractivity contribution in [1.82, 2.24) is 10.3 Å².